The summed E-state index contributed by atoms with van der Waals surface area (Å²) in [6.07, 6.45) is 1.63. The van der Waals surface area contributed by atoms with Crippen LogP contribution in [0.2, 0.25) is 0 Å². The standard InChI is InChI=1S/C7H11N3O/c11-5-4-8-6-7-2-1-3-9-10-7/h1-3,8,11H,4-6H2. The number of rotatable bonds is 4. The van der Waals surface area contributed by atoms with Crippen LogP contribution in [0, 0.1) is 0 Å². The lowest BCUT2D eigenvalue weighted by Gasteiger charge is -1.99. The number of hydrogen-bond acceptors (Lipinski definition) is 4. The van der Waals surface area contributed by atoms with E-state index in [1.165, 1.54) is 0 Å². The van der Waals surface area contributed by atoms with Crippen LogP contribution in [0.5, 0.6) is 0 Å². The van der Waals surface area contributed by atoms with Gasteiger partial charge in [-0.05, 0) is 12.1 Å². The molecule has 1 aromatic rings. The summed E-state index contributed by atoms with van der Waals surface area (Å²) >= 11 is 0. The molecule has 0 unspecified atom stereocenters. The molecule has 0 spiro atoms. The average molecular weight is 153 g/mol. The van der Waals surface area contributed by atoms with E-state index in [2.05, 4.69) is 15.5 Å². The highest BCUT2D eigenvalue weighted by molar-refractivity contribution is 4.98. The molecule has 0 aliphatic heterocycles. The molecule has 4 heteroatoms. The minimum Gasteiger partial charge on any atom is -0.395 e. The summed E-state index contributed by atoms with van der Waals surface area (Å²) in [7, 11) is 0. The molecule has 0 amide bonds. The molecule has 0 atom stereocenters. The summed E-state index contributed by atoms with van der Waals surface area (Å²) in [5.41, 5.74) is 0.890. The molecule has 0 saturated carbocycles. The van der Waals surface area contributed by atoms with Crippen molar-refractivity contribution in [2.75, 3.05) is 13.2 Å². The Labute approximate surface area is 65.3 Å². The lowest BCUT2D eigenvalue weighted by atomic mass is 10.4. The minimum absolute atomic E-state index is 0.153. The van der Waals surface area contributed by atoms with E-state index in [9.17, 15) is 0 Å². The van der Waals surface area contributed by atoms with Crippen molar-refractivity contribution in [3.63, 3.8) is 0 Å². The van der Waals surface area contributed by atoms with Gasteiger partial charge >= 0.3 is 0 Å². The normalized spacial score (nSPS) is 9.91. The van der Waals surface area contributed by atoms with Crippen LogP contribution in [0.4, 0.5) is 0 Å². The van der Waals surface area contributed by atoms with Gasteiger partial charge in [0.15, 0.2) is 0 Å². The maximum atomic E-state index is 8.45. The van der Waals surface area contributed by atoms with Gasteiger partial charge in [-0.2, -0.15) is 10.2 Å². The van der Waals surface area contributed by atoms with Gasteiger partial charge in [0, 0.05) is 19.3 Å². The van der Waals surface area contributed by atoms with Crippen LogP contribution in [-0.2, 0) is 6.54 Å². The maximum Gasteiger partial charge on any atom is 0.0768 e. The molecule has 0 saturated heterocycles. The molecule has 1 aromatic heterocycles. The van der Waals surface area contributed by atoms with Gasteiger partial charge in [-0.25, -0.2) is 0 Å². The Balaban J connectivity index is 2.28. The molecule has 0 fully saturated rings. The van der Waals surface area contributed by atoms with E-state index in [4.69, 9.17) is 5.11 Å². The van der Waals surface area contributed by atoms with Gasteiger partial charge < -0.3 is 10.4 Å². The minimum atomic E-state index is 0.153. The summed E-state index contributed by atoms with van der Waals surface area (Å²) in [6, 6.07) is 3.72. The van der Waals surface area contributed by atoms with Crippen molar-refractivity contribution in [1.29, 1.82) is 0 Å². The Bertz CT molecular complexity index is 190. The topological polar surface area (TPSA) is 58.0 Å². The average Bonchev–Trinajstić information content (AvgIpc) is 2.07. The van der Waals surface area contributed by atoms with Crippen LogP contribution >= 0.6 is 0 Å². The first-order valence-corrected chi connectivity index (χ1v) is 3.51. The summed E-state index contributed by atoms with van der Waals surface area (Å²) in [6.45, 7) is 1.41. The number of nitrogens with one attached hydrogen (secondary N) is 1. The molecule has 0 aliphatic carbocycles. The van der Waals surface area contributed by atoms with E-state index in [-0.39, 0.29) is 6.61 Å². The molecule has 2 N–H and O–H groups in total. The lowest BCUT2D eigenvalue weighted by molar-refractivity contribution is 0.291. The maximum absolute atomic E-state index is 8.45. The first-order chi connectivity index (χ1) is 5.43. The van der Waals surface area contributed by atoms with Crippen molar-refractivity contribution in [3.05, 3.63) is 24.0 Å². The fraction of sp³-hybridized carbons (Fsp3) is 0.429. The van der Waals surface area contributed by atoms with E-state index >= 15 is 0 Å². The zero-order valence-electron chi connectivity index (χ0n) is 6.20. The summed E-state index contributed by atoms with van der Waals surface area (Å²) in [5.74, 6) is 0. The van der Waals surface area contributed by atoms with Crippen molar-refractivity contribution < 1.29 is 5.11 Å². The number of hydrogen-bond donors (Lipinski definition) is 2. The predicted octanol–water partition coefficient (Wildman–Crippen LogP) is -0.442. The summed E-state index contributed by atoms with van der Waals surface area (Å²) in [4.78, 5) is 0. The number of nitrogens with zero attached hydrogens (tertiary/aromatic N) is 2. The fourth-order valence-electron chi connectivity index (χ4n) is 0.723. The predicted molar refractivity (Wildman–Crippen MR) is 40.8 cm³/mol. The number of aliphatic hydroxyl groups excluding tert-OH is 1. The van der Waals surface area contributed by atoms with Gasteiger partial charge in [-0.3, -0.25) is 0 Å². The largest absolute Gasteiger partial charge is 0.395 e. The van der Waals surface area contributed by atoms with Crippen molar-refractivity contribution in [2.45, 2.75) is 6.54 Å². The molecule has 60 valence electrons. The highest BCUT2D eigenvalue weighted by Gasteiger charge is 1.90. The second-order valence-electron chi connectivity index (χ2n) is 2.12. The van der Waals surface area contributed by atoms with Gasteiger partial charge in [0.2, 0.25) is 0 Å². The van der Waals surface area contributed by atoms with Crippen LogP contribution in [0.25, 0.3) is 0 Å². The van der Waals surface area contributed by atoms with Crippen LogP contribution < -0.4 is 5.32 Å². The van der Waals surface area contributed by atoms with E-state index in [0.29, 0.717) is 13.1 Å². The molecular weight excluding hydrogens is 142 g/mol. The molecule has 0 aliphatic rings. The van der Waals surface area contributed by atoms with Crippen LogP contribution in [-0.4, -0.2) is 28.5 Å². The second kappa shape index (κ2) is 4.76. The Kier molecular flexibility index (Phi) is 3.51. The molecule has 1 heterocycles. The molecule has 0 aromatic carbocycles. The zero-order chi connectivity index (χ0) is 7.94. The highest BCUT2D eigenvalue weighted by Crippen LogP contribution is 1.88. The van der Waals surface area contributed by atoms with Crippen LogP contribution in [0.3, 0.4) is 0 Å². The van der Waals surface area contributed by atoms with E-state index in [1.54, 1.807) is 6.20 Å². The highest BCUT2D eigenvalue weighted by atomic mass is 16.3. The SMILES string of the molecule is OCCNCc1cccnn1. The third kappa shape index (κ3) is 3.06. The van der Waals surface area contributed by atoms with Gasteiger partial charge in [-0.15, -0.1) is 0 Å². The molecule has 1 rings (SSSR count). The third-order valence-electron chi connectivity index (χ3n) is 1.22. The molecule has 0 radical (unpaired) electrons. The second-order valence-corrected chi connectivity index (χ2v) is 2.12. The first-order valence-electron chi connectivity index (χ1n) is 3.51. The van der Waals surface area contributed by atoms with Gasteiger partial charge in [0.25, 0.3) is 0 Å². The van der Waals surface area contributed by atoms with Gasteiger partial charge in [-0.1, -0.05) is 0 Å². The monoisotopic (exact) mass is 153 g/mol. The third-order valence-corrected chi connectivity index (χ3v) is 1.22. The Morgan fingerprint density at radius 1 is 1.55 bits per heavy atom. The van der Waals surface area contributed by atoms with E-state index in [0.717, 1.165) is 5.69 Å². The van der Waals surface area contributed by atoms with E-state index in [1.807, 2.05) is 12.1 Å². The summed E-state index contributed by atoms with van der Waals surface area (Å²) < 4.78 is 0. The molecule has 0 bridgehead atoms. The summed E-state index contributed by atoms with van der Waals surface area (Å²) in [5, 5.41) is 19.0. The van der Waals surface area contributed by atoms with Crippen molar-refractivity contribution in [2.24, 2.45) is 0 Å². The van der Waals surface area contributed by atoms with Crippen LogP contribution in [0.15, 0.2) is 18.3 Å². The van der Waals surface area contributed by atoms with Crippen molar-refractivity contribution in [3.8, 4) is 0 Å². The quantitative estimate of drug-likeness (QED) is 0.576. The molecule has 4 nitrogen and oxygen atoms in total. The van der Waals surface area contributed by atoms with E-state index < -0.39 is 0 Å². The molecular formula is C7H11N3O. The Morgan fingerprint density at radius 3 is 3.09 bits per heavy atom. The Hall–Kier alpha value is -1.00. The van der Waals surface area contributed by atoms with Crippen molar-refractivity contribution >= 4 is 0 Å². The number of aliphatic hydroxyl groups is 1. The fourth-order valence-corrected chi connectivity index (χ4v) is 0.723. The van der Waals surface area contributed by atoms with Crippen LogP contribution in [0.1, 0.15) is 5.69 Å². The van der Waals surface area contributed by atoms with Gasteiger partial charge in [0.05, 0.1) is 12.3 Å². The number of aromatic nitrogens is 2. The first kappa shape index (κ1) is 8.10. The Morgan fingerprint density at radius 2 is 2.45 bits per heavy atom. The molecule has 11 heavy (non-hydrogen) atoms. The lowest BCUT2D eigenvalue weighted by Crippen LogP contribution is -2.18. The van der Waals surface area contributed by atoms with Crippen molar-refractivity contribution in [1.82, 2.24) is 15.5 Å². The zero-order valence-corrected chi connectivity index (χ0v) is 6.20. The smallest absolute Gasteiger partial charge is 0.0768 e. The van der Waals surface area contributed by atoms with Gasteiger partial charge in [0.1, 0.15) is 0 Å².